The van der Waals surface area contributed by atoms with Crippen molar-refractivity contribution in [3.05, 3.63) is 131 Å². The van der Waals surface area contributed by atoms with Crippen molar-refractivity contribution < 1.29 is 18.0 Å². The normalized spacial score (nSPS) is 11.9. The van der Waals surface area contributed by atoms with Crippen molar-refractivity contribution in [3.63, 3.8) is 0 Å². The number of nitrogens with one attached hydrogen (secondary N) is 1. The average molecular weight is 626 g/mol. The molecule has 0 heterocycles. The van der Waals surface area contributed by atoms with Crippen LogP contribution in [0.4, 0.5) is 5.69 Å². The molecule has 0 saturated heterocycles. The Balaban J connectivity index is 1.80. The third-order valence-corrected chi connectivity index (χ3v) is 9.67. The van der Waals surface area contributed by atoms with E-state index in [9.17, 15) is 18.0 Å². The molecule has 4 rings (SSSR count). The van der Waals surface area contributed by atoms with Crippen molar-refractivity contribution in [2.45, 2.75) is 64.4 Å². The Morgan fingerprint density at radius 1 is 0.800 bits per heavy atom. The molecular formula is C37H43N3O4S. The number of hydrogen-bond donors (Lipinski definition) is 1. The molecule has 1 N–H and O–H groups in total. The molecule has 0 spiro atoms. The van der Waals surface area contributed by atoms with Crippen molar-refractivity contribution in [3.8, 4) is 0 Å². The van der Waals surface area contributed by atoms with E-state index < -0.39 is 28.5 Å². The lowest BCUT2D eigenvalue weighted by molar-refractivity contribution is -0.140. The van der Waals surface area contributed by atoms with Gasteiger partial charge in [-0.1, -0.05) is 97.8 Å². The summed E-state index contributed by atoms with van der Waals surface area (Å²) in [4.78, 5) is 30.1. The number of benzene rings is 4. The lowest BCUT2D eigenvalue weighted by Crippen LogP contribution is -2.53. The molecule has 0 fully saturated rings. The predicted octanol–water partition coefficient (Wildman–Crippen LogP) is 6.36. The molecule has 2 amide bonds. The third-order valence-electron chi connectivity index (χ3n) is 7.88. The molecule has 236 valence electrons. The molecule has 1 atom stereocenters. The van der Waals surface area contributed by atoms with Gasteiger partial charge in [0, 0.05) is 19.5 Å². The first kappa shape index (κ1) is 33.5. The molecule has 0 aliphatic carbocycles. The Morgan fingerprint density at radius 2 is 1.49 bits per heavy atom. The molecule has 7 nitrogen and oxygen atoms in total. The summed E-state index contributed by atoms with van der Waals surface area (Å²) in [6.45, 7) is 7.95. The Bertz CT molecular complexity index is 1690. The number of aryl methyl sites for hydroxylation is 3. The molecule has 0 bridgehead atoms. The number of rotatable bonds is 14. The first-order valence-corrected chi connectivity index (χ1v) is 16.9. The van der Waals surface area contributed by atoms with Gasteiger partial charge in [-0.25, -0.2) is 8.42 Å². The fraction of sp³-hybridized carbons (Fsp3) is 0.297. The smallest absolute Gasteiger partial charge is 0.264 e. The maximum atomic E-state index is 14.6. The zero-order valence-electron chi connectivity index (χ0n) is 26.6. The highest BCUT2D eigenvalue weighted by Crippen LogP contribution is 2.26. The van der Waals surface area contributed by atoms with Gasteiger partial charge in [0.1, 0.15) is 12.6 Å². The van der Waals surface area contributed by atoms with Gasteiger partial charge in [-0.05, 0) is 73.7 Å². The number of carbonyl (C=O) groups excluding carboxylic acids is 2. The van der Waals surface area contributed by atoms with Gasteiger partial charge < -0.3 is 10.2 Å². The highest BCUT2D eigenvalue weighted by atomic mass is 32.2. The highest BCUT2D eigenvalue weighted by Gasteiger charge is 2.34. The summed E-state index contributed by atoms with van der Waals surface area (Å²) in [6.07, 6.45) is 2.01. The molecule has 45 heavy (non-hydrogen) atoms. The van der Waals surface area contributed by atoms with E-state index in [4.69, 9.17) is 0 Å². The van der Waals surface area contributed by atoms with Gasteiger partial charge in [0.15, 0.2) is 0 Å². The van der Waals surface area contributed by atoms with Crippen molar-refractivity contribution in [2.75, 3.05) is 17.4 Å². The number of carbonyl (C=O) groups is 2. The second-order valence-electron chi connectivity index (χ2n) is 11.5. The van der Waals surface area contributed by atoms with Crippen LogP contribution in [0.5, 0.6) is 0 Å². The Kier molecular flexibility index (Phi) is 11.5. The molecule has 0 aliphatic heterocycles. The van der Waals surface area contributed by atoms with Crippen LogP contribution in [0.3, 0.4) is 0 Å². The van der Waals surface area contributed by atoms with Crippen molar-refractivity contribution in [1.29, 1.82) is 0 Å². The maximum Gasteiger partial charge on any atom is 0.264 e. The van der Waals surface area contributed by atoms with Crippen LogP contribution in [0.2, 0.25) is 0 Å². The summed E-state index contributed by atoms with van der Waals surface area (Å²) >= 11 is 0. The first-order chi connectivity index (χ1) is 21.6. The minimum absolute atomic E-state index is 0.0889. The standard InChI is InChI=1S/C37H43N3O4S/c1-5-6-23-38-37(42)35(25-31-15-8-7-9-16-31)39(26-32-17-11-10-14-30(32)4)36(41)27-40(33-18-12-13-29(3)24-33)45(43,44)34-21-19-28(2)20-22-34/h7-22,24,35H,5-6,23,25-27H2,1-4H3,(H,38,42). The van der Waals surface area contributed by atoms with Gasteiger partial charge in [-0.2, -0.15) is 0 Å². The Morgan fingerprint density at radius 3 is 2.16 bits per heavy atom. The summed E-state index contributed by atoms with van der Waals surface area (Å²) in [6, 6.07) is 30.1. The molecular weight excluding hydrogens is 582 g/mol. The van der Waals surface area contributed by atoms with Crippen molar-refractivity contribution >= 4 is 27.5 Å². The molecule has 4 aromatic rings. The van der Waals surface area contributed by atoms with Crippen LogP contribution in [0.15, 0.2) is 108 Å². The quantitative estimate of drug-likeness (QED) is 0.165. The zero-order valence-corrected chi connectivity index (χ0v) is 27.4. The molecule has 0 aliphatic rings. The van der Waals surface area contributed by atoms with E-state index in [0.29, 0.717) is 12.2 Å². The largest absolute Gasteiger partial charge is 0.354 e. The average Bonchev–Trinajstić information content (AvgIpc) is 3.03. The first-order valence-electron chi connectivity index (χ1n) is 15.4. The Hall–Kier alpha value is -4.43. The number of amides is 2. The maximum absolute atomic E-state index is 14.6. The molecule has 0 saturated carbocycles. The summed E-state index contributed by atoms with van der Waals surface area (Å²) < 4.78 is 29.5. The molecule has 8 heteroatoms. The fourth-order valence-corrected chi connectivity index (χ4v) is 6.59. The third kappa shape index (κ3) is 8.82. The zero-order chi connectivity index (χ0) is 32.4. The summed E-state index contributed by atoms with van der Waals surface area (Å²) in [7, 11) is -4.13. The lowest BCUT2D eigenvalue weighted by atomic mass is 10.0. The Labute approximate surface area is 268 Å². The number of hydrogen-bond acceptors (Lipinski definition) is 4. The summed E-state index contributed by atoms with van der Waals surface area (Å²) in [5.41, 5.74) is 4.93. The van der Waals surface area contributed by atoms with E-state index in [2.05, 4.69) is 12.2 Å². The van der Waals surface area contributed by atoms with Crippen LogP contribution >= 0.6 is 0 Å². The number of unbranched alkanes of at least 4 members (excludes halogenated alkanes) is 1. The van der Waals surface area contributed by atoms with Crippen LogP contribution in [0, 0.1) is 20.8 Å². The van der Waals surface area contributed by atoms with Gasteiger partial charge in [0.25, 0.3) is 10.0 Å². The second kappa shape index (κ2) is 15.5. The van der Waals surface area contributed by atoms with Crippen molar-refractivity contribution in [1.82, 2.24) is 10.2 Å². The van der Waals surface area contributed by atoms with Gasteiger partial charge >= 0.3 is 0 Å². The second-order valence-corrected chi connectivity index (χ2v) is 13.3. The van der Waals surface area contributed by atoms with Crippen molar-refractivity contribution in [2.24, 2.45) is 0 Å². The van der Waals surface area contributed by atoms with E-state index >= 15 is 0 Å². The fourth-order valence-electron chi connectivity index (χ4n) is 5.18. The van der Waals surface area contributed by atoms with Crippen LogP contribution in [-0.4, -0.2) is 44.3 Å². The van der Waals surface area contributed by atoms with E-state index in [1.54, 1.807) is 47.4 Å². The number of sulfonamides is 1. The topological polar surface area (TPSA) is 86.8 Å². The van der Waals surface area contributed by atoms with E-state index in [1.165, 1.54) is 0 Å². The number of anilines is 1. The lowest BCUT2D eigenvalue weighted by Gasteiger charge is -2.34. The van der Waals surface area contributed by atoms with Gasteiger partial charge in [-0.15, -0.1) is 0 Å². The van der Waals surface area contributed by atoms with Crippen LogP contribution < -0.4 is 9.62 Å². The summed E-state index contributed by atoms with van der Waals surface area (Å²) in [5.74, 6) is -0.736. The van der Waals surface area contributed by atoms with Crippen LogP contribution in [0.25, 0.3) is 0 Å². The molecule has 0 radical (unpaired) electrons. The molecule has 1 unspecified atom stereocenters. The van der Waals surface area contributed by atoms with Crippen LogP contribution in [0.1, 0.15) is 47.6 Å². The molecule has 4 aromatic carbocycles. The monoisotopic (exact) mass is 625 g/mol. The minimum Gasteiger partial charge on any atom is -0.354 e. The molecule has 0 aromatic heterocycles. The van der Waals surface area contributed by atoms with E-state index in [-0.39, 0.29) is 23.8 Å². The van der Waals surface area contributed by atoms with E-state index in [1.807, 2.05) is 81.4 Å². The minimum atomic E-state index is -4.13. The van der Waals surface area contributed by atoms with Gasteiger partial charge in [0.2, 0.25) is 11.8 Å². The van der Waals surface area contributed by atoms with Crippen LogP contribution in [-0.2, 0) is 32.6 Å². The number of nitrogens with zero attached hydrogens (tertiary/aromatic N) is 2. The summed E-state index contributed by atoms with van der Waals surface area (Å²) in [5, 5.41) is 3.03. The highest BCUT2D eigenvalue weighted by molar-refractivity contribution is 7.92. The van der Waals surface area contributed by atoms with Gasteiger partial charge in [-0.3, -0.25) is 13.9 Å². The SMILES string of the molecule is CCCCNC(=O)C(Cc1ccccc1)N(Cc1ccccc1C)C(=O)CN(c1cccc(C)c1)S(=O)(=O)c1ccc(C)cc1. The van der Waals surface area contributed by atoms with E-state index in [0.717, 1.165) is 45.0 Å². The predicted molar refractivity (Wildman–Crippen MR) is 180 cm³/mol. The van der Waals surface area contributed by atoms with Gasteiger partial charge in [0.05, 0.1) is 10.6 Å².